The molecule has 0 amide bonds. The number of rotatable bonds is 7. The molecule has 0 saturated heterocycles. The molecule has 0 aliphatic heterocycles. The van der Waals surface area contributed by atoms with Crippen LogP contribution in [0.3, 0.4) is 0 Å². The molecule has 1 atom stereocenters. The molecule has 1 heterocycles. The Morgan fingerprint density at radius 2 is 2.18 bits per heavy atom. The molecule has 17 heavy (non-hydrogen) atoms. The van der Waals surface area contributed by atoms with Crippen molar-refractivity contribution in [2.24, 2.45) is 0 Å². The molecule has 1 unspecified atom stereocenters. The van der Waals surface area contributed by atoms with E-state index < -0.39 is 0 Å². The molecule has 0 saturated carbocycles. The lowest BCUT2D eigenvalue weighted by atomic mass is 10.2. The van der Waals surface area contributed by atoms with Gasteiger partial charge in [-0.25, -0.2) is 4.98 Å². The van der Waals surface area contributed by atoms with Gasteiger partial charge in [0.05, 0.1) is 6.10 Å². The summed E-state index contributed by atoms with van der Waals surface area (Å²) in [5.74, 6) is 1.89. The summed E-state index contributed by atoms with van der Waals surface area (Å²) < 4.78 is 5.51. The fourth-order valence-corrected chi connectivity index (χ4v) is 1.55. The zero-order valence-electron chi connectivity index (χ0n) is 10.6. The van der Waals surface area contributed by atoms with Crippen LogP contribution in [0.4, 0.5) is 5.95 Å². The van der Waals surface area contributed by atoms with E-state index in [9.17, 15) is 0 Å². The van der Waals surface area contributed by atoms with Crippen LogP contribution in [-0.2, 0) is 0 Å². The molecule has 1 aromatic heterocycles. The van der Waals surface area contributed by atoms with E-state index in [-0.39, 0.29) is 6.10 Å². The molecular formula is C12H20ClN3O. The van der Waals surface area contributed by atoms with Crippen LogP contribution in [0.15, 0.2) is 12.3 Å². The van der Waals surface area contributed by atoms with Crippen LogP contribution in [0.1, 0.15) is 33.6 Å². The van der Waals surface area contributed by atoms with Crippen molar-refractivity contribution in [2.75, 3.05) is 11.2 Å². The normalized spacial score (nSPS) is 12.5. The van der Waals surface area contributed by atoms with Crippen molar-refractivity contribution in [1.82, 2.24) is 9.97 Å². The maximum atomic E-state index is 5.65. The van der Waals surface area contributed by atoms with Crippen molar-refractivity contribution in [3.05, 3.63) is 12.3 Å². The van der Waals surface area contributed by atoms with Crippen molar-refractivity contribution in [3.8, 4) is 5.88 Å². The van der Waals surface area contributed by atoms with E-state index in [1.807, 2.05) is 13.8 Å². The standard InChI is InChI=1S/C12H20ClN3O/c1-9(2)17-11-6-8-14-12(16-11)15-10(3)5-4-7-13/h6,8-10H,4-5,7H2,1-3H3,(H,14,15,16). The predicted octanol–water partition coefficient (Wildman–Crippen LogP) is 3.08. The van der Waals surface area contributed by atoms with Gasteiger partial charge in [-0.2, -0.15) is 4.98 Å². The Hall–Kier alpha value is -1.03. The lowest BCUT2D eigenvalue weighted by molar-refractivity contribution is 0.232. The Balaban J connectivity index is 2.53. The molecule has 96 valence electrons. The minimum Gasteiger partial charge on any atom is -0.475 e. The largest absolute Gasteiger partial charge is 0.475 e. The summed E-state index contributed by atoms with van der Waals surface area (Å²) in [6.45, 7) is 6.03. The lowest BCUT2D eigenvalue weighted by Crippen LogP contribution is -2.17. The van der Waals surface area contributed by atoms with Crippen molar-refractivity contribution >= 4 is 17.5 Å². The molecular weight excluding hydrogens is 238 g/mol. The number of hydrogen-bond acceptors (Lipinski definition) is 4. The first-order valence-corrected chi connectivity index (χ1v) is 6.47. The molecule has 0 aliphatic carbocycles. The number of ether oxygens (including phenoxy) is 1. The SMILES string of the molecule is CC(CCCCl)Nc1nccc(OC(C)C)n1. The summed E-state index contributed by atoms with van der Waals surface area (Å²) in [4.78, 5) is 8.44. The summed E-state index contributed by atoms with van der Waals surface area (Å²) in [7, 11) is 0. The molecule has 4 nitrogen and oxygen atoms in total. The first-order chi connectivity index (χ1) is 8.11. The fourth-order valence-electron chi connectivity index (χ4n) is 1.39. The Kier molecular flexibility index (Phi) is 6.05. The summed E-state index contributed by atoms with van der Waals surface area (Å²) >= 11 is 5.65. The predicted molar refractivity (Wildman–Crippen MR) is 70.8 cm³/mol. The van der Waals surface area contributed by atoms with Crippen LogP contribution in [0, 0.1) is 0 Å². The van der Waals surface area contributed by atoms with Gasteiger partial charge in [-0.3, -0.25) is 0 Å². The van der Waals surface area contributed by atoms with Gasteiger partial charge in [0.2, 0.25) is 11.8 Å². The third-order valence-electron chi connectivity index (χ3n) is 2.13. The average molecular weight is 258 g/mol. The maximum Gasteiger partial charge on any atom is 0.226 e. The van der Waals surface area contributed by atoms with Gasteiger partial charge in [0.1, 0.15) is 0 Å². The van der Waals surface area contributed by atoms with Crippen molar-refractivity contribution < 1.29 is 4.74 Å². The Morgan fingerprint density at radius 3 is 2.82 bits per heavy atom. The van der Waals surface area contributed by atoms with Gasteiger partial charge in [-0.1, -0.05) is 0 Å². The molecule has 0 aromatic carbocycles. The maximum absolute atomic E-state index is 5.65. The van der Waals surface area contributed by atoms with E-state index in [1.54, 1.807) is 12.3 Å². The van der Waals surface area contributed by atoms with Gasteiger partial charge >= 0.3 is 0 Å². The summed E-state index contributed by atoms with van der Waals surface area (Å²) in [6, 6.07) is 2.07. The molecule has 0 aliphatic rings. The van der Waals surface area contributed by atoms with E-state index in [1.165, 1.54) is 0 Å². The number of hydrogen-bond donors (Lipinski definition) is 1. The zero-order valence-corrected chi connectivity index (χ0v) is 11.4. The van der Waals surface area contributed by atoms with Gasteiger partial charge < -0.3 is 10.1 Å². The highest BCUT2D eigenvalue weighted by Crippen LogP contribution is 2.12. The van der Waals surface area contributed by atoms with E-state index in [2.05, 4.69) is 22.2 Å². The number of nitrogens with zero attached hydrogens (tertiary/aromatic N) is 2. The average Bonchev–Trinajstić information content (AvgIpc) is 2.26. The number of halogens is 1. The minimum absolute atomic E-state index is 0.117. The smallest absolute Gasteiger partial charge is 0.226 e. The molecule has 1 aromatic rings. The van der Waals surface area contributed by atoms with E-state index in [4.69, 9.17) is 16.3 Å². The highest BCUT2D eigenvalue weighted by atomic mass is 35.5. The zero-order chi connectivity index (χ0) is 12.7. The van der Waals surface area contributed by atoms with Crippen LogP contribution < -0.4 is 10.1 Å². The monoisotopic (exact) mass is 257 g/mol. The van der Waals surface area contributed by atoms with E-state index in [0.717, 1.165) is 12.8 Å². The number of alkyl halides is 1. The molecule has 1 N–H and O–H groups in total. The molecule has 0 bridgehead atoms. The topological polar surface area (TPSA) is 47.0 Å². The second kappa shape index (κ2) is 7.33. The highest BCUT2D eigenvalue weighted by molar-refractivity contribution is 6.17. The van der Waals surface area contributed by atoms with E-state index in [0.29, 0.717) is 23.8 Å². The Bertz CT molecular complexity index is 333. The first kappa shape index (κ1) is 14.0. The Labute approximate surface area is 108 Å². The second-order valence-electron chi connectivity index (χ2n) is 4.26. The van der Waals surface area contributed by atoms with Gasteiger partial charge in [0.25, 0.3) is 0 Å². The lowest BCUT2D eigenvalue weighted by Gasteiger charge is -2.14. The molecule has 0 radical (unpaired) electrons. The van der Waals surface area contributed by atoms with E-state index >= 15 is 0 Å². The van der Waals surface area contributed by atoms with Crippen molar-refractivity contribution in [2.45, 2.75) is 45.8 Å². The summed E-state index contributed by atoms with van der Waals surface area (Å²) in [5, 5.41) is 3.23. The van der Waals surface area contributed by atoms with Crippen molar-refractivity contribution in [1.29, 1.82) is 0 Å². The second-order valence-corrected chi connectivity index (χ2v) is 4.64. The fraction of sp³-hybridized carbons (Fsp3) is 0.667. The molecule has 0 spiro atoms. The van der Waals surface area contributed by atoms with Gasteiger partial charge in [-0.05, 0) is 33.6 Å². The highest BCUT2D eigenvalue weighted by Gasteiger charge is 2.05. The van der Waals surface area contributed by atoms with Crippen molar-refractivity contribution in [3.63, 3.8) is 0 Å². The summed E-state index contributed by atoms with van der Waals surface area (Å²) in [6.07, 6.45) is 3.80. The Morgan fingerprint density at radius 1 is 1.41 bits per heavy atom. The number of anilines is 1. The minimum atomic E-state index is 0.117. The molecule has 0 fully saturated rings. The van der Waals surface area contributed by atoms with Crippen LogP contribution in [0.2, 0.25) is 0 Å². The summed E-state index contributed by atoms with van der Waals surface area (Å²) in [5.41, 5.74) is 0. The third kappa shape index (κ3) is 5.73. The van der Waals surface area contributed by atoms with Crippen LogP contribution in [-0.4, -0.2) is 28.0 Å². The first-order valence-electron chi connectivity index (χ1n) is 5.94. The van der Waals surface area contributed by atoms with Gasteiger partial charge in [0.15, 0.2) is 0 Å². The van der Waals surface area contributed by atoms with Gasteiger partial charge in [-0.15, -0.1) is 11.6 Å². The number of aromatic nitrogens is 2. The van der Waals surface area contributed by atoms with Gasteiger partial charge in [0, 0.05) is 24.2 Å². The van der Waals surface area contributed by atoms with Crippen LogP contribution >= 0.6 is 11.6 Å². The number of nitrogens with one attached hydrogen (secondary N) is 1. The quantitative estimate of drug-likeness (QED) is 0.763. The third-order valence-corrected chi connectivity index (χ3v) is 2.40. The van der Waals surface area contributed by atoms with Crippen LogP contribution in [0.5, 0.6) is 5.88 Å². The molecule has 5 heteroatoms. The van der Waals surface area contributed by atoms with Crippen LogP contribution in [0.25, 0.3) is 0 Å². The molecule has 1 rings (SSSR count).